The molecule has 0 unspecified atom stereocenters. The second-order valence-electron chi connectivity index (χ2n) is 7.85. The lowest BCUT2D eigenvalue weighted by molar-refractivity contribution is 0.0625. The second kappa shape index (κ2) is 12.5. The molecule has 2 aliphatic heterocycles. The summed E-state index contributed by atoms with van der Waals surface area (Å²) < 4.78 is 5.46. The first-order valence-corrected chi connectivity index (χ1v) is 10.7. The lowest BCUT2D eigenvalue weighted by atomic mass is 9.96. The number of aliphatic imine (C=N–C) groups is 1. The van der Waals surface area contributed by atoms with Crippen LogP contribution in [-0.4, -0.2) is 100 Å². The molecule has 0 radical (unpaired) electrons. The van der Waals surface area contributed by atoms with Crippen LogP contribution in [0.5, 0.6) is 0 Å². The first-order valence-electron chi connectivity index (χ1n) is 10.7. The lowest BCUT2D eigenvalue weighted by Crippen LogP contribution is -2.44. The maximum atomic E-state index is 5.46. The monoisotopic (exact) mass is 367 g/mol. The highest BCUT2D eigenvalue weighted by Gasteiger charge is 2.15. The highest BCUT2D eigenvalue weighted by Crippen LogP contribution is 2.18. The molecule has 0 aromatic heterocycles. The van der Waals surface area contributed by atoms with Gasteiger partial charge in [-0.15, -0.1) is 0 Å². The molecule has 2 aliphatic rings. The van der Waals surface area contributed by atoms with Crippen molar-refractivity contribution in [2.45, 2.75) is 39.0 Å². The zero-order chi connectivity index (χ0) is 18.6. The summed E-state index contributed by atoms with van der Waals surface area (Å²) in [6, 6.07) is 0. The predicted molar refractivity (Wildman–Crippen MR) is 110 cm³/mol. The molecule has 0 aliphatic carbocycles. The van der Waals surface area contributed by atoms with E-state index in [-0.39, 0.29) is 0 Å². The minimum atomic E-state index is 0.817. The molecule has 6 nitrogen and oxygen atoms in total. The van der Waals surface area contributed by atoms with Crippen molar-refractivity contribution in [2.24, 2.45) is 10.9 Å². The molecule has 0 bridgehead atoms. The Morgan fingerprint density at radius 1 is 1.15 bits per heavy atom. The van der Waals surface area contributed by atoms with E-state index in [1.807, 2.05) is 0 Å². The van der Waals surface area contributed by atoms with Gasteiger partial charge in [0.2, 0.25) is 0 Å². The Hall–Kier alpha value is -0.850. The summed E-state index contributed by atoms with van der Waals surface area (Å²) in [5.41, 5.74) is 0. The van der Waals surface area contributed by atoms with Gasteiger partial charge in [0.15, 0.2) is 5.96 Å². The number of hydrogen-bond acceptors (Lipinski definition) is 4. The van der Waals surface area contributed by atoms with Gasteiger partial charge in [0.25, 0.3) is 0 Å². The quantitative estimate of drug-likeness (QED) is 0.382. The van der Waals surface area contributed by atoms with Gasteiger partial charge in [-0.1, -0.05) is 0 Å². The minimum absolute atomic E-state index is 0.817. The van der Waals surface area contributed by atoms with Gasteiger partial charge in [-0.25, -0.2) is 0 Å². The molecule has 0 amide bonds. The Morgan fingerprint density at radius 2 is 1.88 bits per heavy atom. The van der Waals surface area contributed by atoms with Crippen LogP contribution in [0.1, 0.15) is 39.0 Å². The van der Waals surface area contributed by atoms with Crippen LogP contribution < -0.4 is 5.32 Å². The normalized spacial score (nSPS) is 21.1. The summed E-state index contributed by atoms with van der Waals surface area (Å²) in [4.78, 5) is 12.2. The molecule has 0 saturated carbocycles. The fourth-order valence-electron chi connectivity index (χ4n) is 3.69. The molecular formula is C20H41N5O. The molecule has 0 aromatic carbocycles. The van der Waals surface area contributed by atoms with E-state index in [4.69, 9.17) is 9.73 Å². The molecule has 2 heterocycles. The van der Waals surface area contributed by atoms with Gasteiger partial charge in [-0.3, -0.25) is 4.99 Å². The molecule has 0 atom stereocenters. The second-order valence-corrected chi connectivity index (χ2v) is 7.85. The summed E-state index contributed by atoms with van der Waals surface area (Å²) in [7, 11) is 4.39. The van der Waals surface area contributed by atoms with Gasteiger partial charge in [0, 0.05) is 66.1 Å². The van der Waals surface area contributed by atoms with Crippen LogP contribution in [-0.2, 0) is 4.74 Å². The Labute approximate surface area is 160 Å². The number of piperazine rings is 1. The van der Waals surface area contributed by atoms with E-state index in [0.29, 0.717) is 0 Å². The fraction of sp³-hybridized carbons (Fsp3) is 0.950. The number of ether oxygens (including phenoxy) is 1. The number of rotatable bonds is 9. The van der Waals surface area contributed by atoms with Crippen molar-refractivity contribution in [2.75, 3.05) is 79.7 Å². The van der Waals surface area contributed by atoms with Crippen molar-refractivity contribution in [1.29, 1.82) is 0 Å². The summed E-state index contributed by atoms with van der Waals surface area (Å²) in [5, 5.41) is 3.45. The number of likely N-dealkylation sites (N-methyl/N-ethyl adjacent to an activating group) is 1. The number of nitrogens with zero attached hydrogens (tertiary/aromatic N) is 4. The predicted octanol–water partition coefficient (Wildman–Crippen LogP) is 1.73. The molecule has 152 valence electrons. The molecular weight excluding hydrogens is 326 g/mol. The van der Waals surface area contributed by atoms with E-state index in [1.165, 1.54) is 64.8 Å². The van der Waals surface area contributed by atoms with Crippen molar-refractivity contribution in [3.8, 4) is 0 Å². The fourth-order valence-corrected chi connectivity index (χ4v) is 3.69. The topological polar surface area (TPSA) is 43.3 Å². The number of guanidine groups is 1. The van der Waals surface area contributed by atoms with Gasteiger partial charge in [-0.05, 0) is 58.5 Å². The van der Waals surface area contributed by atoms with Crippen molar-refractivity contribution < 1.29 is 4.74 Å². The number of hydrogen-bond donors (Lipinski definition) is 1. The first-order chi connectivity index (χ1) is 12.7. The average Bonchev–Trinajstić information content (AvgIpc) is 2.67. The Balaban J connectivity index is 1.62. The van der Waals surface area contributed by atoms with Crippen molar-refractivity contribution in [3.05, 3.63) is 0 Å². The summed E-state index contributed by atoms with van der Waals surface area (Å²) in [5.74, 6) is 1.89. The third-order valence-electron chi connectivity index (χ3n) is 5.65. The highest BCUT2D eigenvalue weighted by atomic mass is 16.5. The largest absolute Gasteiger partial charge is 0.381 e. The zero-order valence-corrected chi connectivity index (χ0v) is 17.4. The highest BCUT2D eigenvalue weighted by molar-refractivity contribution is 5.79. The molecule has 6 heteroatoms. The Kier molecular flexibility index (Phi) is 10.3. The zero-order valence-electron chi connectivity index (χ0n) is 17.4. The van der Waals surface area contributed by atoms with E-state index >= 15 is 0 Å². The third-order valence-corrected chi connectivity index (χ3v) is 5.65. The van der Waals surface area contributed by atoms with Gasteiger partial charge in [0.05, 0.1) is 0 Å². The van der Waals surface area contributed by atoms with E-state index in [0.717, 1.165) is 44.7 Å². The van der Waals surface area contributed by atoms with Gasteiger partial charge < -0.3 is 24.8 Å². The molecule has 2 saturated heterocycles. The van der Waals surface area contributed by atoms with E-state index in [2.05, 4.69) is 41.0 Å². The first kappa shape index (κ1) is 21.5. The van der Waals surface area contributed by atoms with Crippen LogP contribution in [0, 0.1) is 5.92 Å². The van der Waals surface area contributed by atoms with Crippen molar-refractivity contribution >= 4 is 5.96 Å². The summed E-state index contributed by atoms with van der Waals surface area (Å²) in [6.07, 6.45) is 6.10. The number of unbranched alkanes of at least 4 members (excludes halogenated alkanes) is 1. The van der Waals surface area contributed by atoms with E-state index in [9.17, 15) is 0 Å². The molecule has 0 aromatic rings. The van der Waals surface area contributed by atoms with Crippen LogP contribution in [0.4, 0.5) is 0 Å². The van der Waals surface area contributed by atoms with Crippen LogP contribution in [0.15, 0.2) is 4.99 Å². The van der Waals surface area contributed by atoms with Crippen LogP contribution in [0.25, 0.3) is 0 Å². The molecule has 1 N–H and O–H groups in total. The SMILES string of the molecule is CCNC(=NCCCCN1CCN(C)CC1)N(C)CCC1CCOCC1. The van der Waals surface area contributed by atoms with E-state index < -0.39 is 0 Å². The van der Waals surface area contributed by atoms with Gasteiger partial charge in [0.1, 0.15) is 0 Å². The molecule has 2 rings (SSSR count). The number of nitrogens with one attached hydrogen (secondary N) is 1. The maximum Gasteiger partial charge on any atom is 0.193 e. The van der Waals surface area contributed by atoms with Crippen LogP contribution in [0.2, 0.25) is 0 Å². The van der Waals surface area contributed by atoms with Crippen LogP contribution in [0.3, 0.4) is 0 Å². The van der Waals surface area contributed by atoms with Gasteiger partial charge >= 0.3 is 0 Å². The van der Waals surface area contributed by atoms with Crippen molar-refractivity contribution in [1.82, 2.24) is 20.0 Å². The summed E-state index contributed by atoms with van der Waals surface area (Å²) >= 11 is 0. The van der Waals surface area contributed by atoms with Gasteiger partial charge in [-0.2, -0.15) is 0 Å². The van der Waals surface area contributed by atoms with Crippen molar-refractivity contribution in [3.63, 3.8) is 0 Å². The van der Waals surface area contributed by atoms with E-state index in [1.54, 1.807) is 0 Å². The lowest BCUT2D eigenvalue weighted by Gasteiger charge is -2.32. The smallest absolute Gasteiger partial charge is 0.193 e. The molecule has 2 fully saturated rings. The third kappa shape index (κ3) is 8.23. The van der Waals surface area contributed by atoms with Crippen LogP contribution >= 0.6 is 0 Å². The Morgan fingerprint density at radius 3 is 2.58 bits per heavy atom. The Bertz CT molecular complexity index is 390. The summed E-state index contributed by atoms with van der Waals surface area (Å²) in [6.45, 7) is 13.0. The standard InChI is InChI=1S/C20H41N5O/c1-4-21-20(24(3)12-7-19-8-17-26-18-9-19)22-10-5-6-11-25-15-13-23(2)14-16-25/h19H,4-18H2,1-3H3,(H,21,22). The molecule has 26 heavy (non-hydrogen) atoms. The maximum absolute atomic E-state index is 5.46. The minimum Gasteiger partial charge on any atom is -0.381 e. The average molecular weight is 368 g/mol. The molecule has 0 spiro atoms.